The maximum Gasteiger partial charge on any atom is 0.305 e. The van der Waals surface area contributed by atoms with Crippen LogP contribution in [0.2, 0.25) is 0 Å². The van der Waals surface area contributed by atoms with Crippen LogP contribution in [0.5, 0.6) is 17.2 Å². The molecule has 0 fully saturated rings. The summed E-state index contributed by atoms with van der Waals surface area (Å²) in [4.78, 5) is 13.8. The Labute approximate surface area is 240 Å². The molecular formula is C33H27BrO6. The Kier molecular flexibility index (Phi) is 7.32. The minimum absolute atomic E-state index is 0.0822. The lowest BCUT2D eigenvalue weighted by Gasteiger charge is -2.28. The van der Waals surface area contributed by atoms with Gasteiger partial charge in [-0.05, 0) is 30.5 Å². The van der Waals surface area contributed by atoms with Gasteiger partial charge in [-0.1, -0.05) is 101 Å². The first-order chi connectivity index (χ1) is 19.6. The van der Waals surface area contributed by atoms with E-state index in [4.69, 9.17) is 23.4 Å². The van der Waals surface area contributed by atoms with Crippen molar-refractivity contribution in [2.24, 2.45) is 0 Å². The first-order valence-electron chi connectivity index (χ1n) is 13.0. The highest BCUT2D eigenvalue weighted by molar-refractivity contribution is 9.09. The summed E-state index contributed by atoms with van der Waals surface area (Å²) in [5.74, 6) is -0.0322. The molecule has 1 aliphatic rings. The molecule has 0 amide bonds. The molecule has 5 aromatic rings. The molecule has 0 unspecified atom stereocenters. The Morgan fingerprint density at radius 1 is 0.825 bits per heavy atom. The van der Waals surface area contributed by atoms with E-state index in [0.717, 1.165) is 29.3 Å². The molecule has 0 atom stereocenters. The minimum Gasteiger partial charge on any atom is -0.459 e. The van der Waals surface area contributed by atoms with Crippen LogP contribution in [0.15, 0.2) is 106 Å². The van der Waals surface area contributed by atoms with Crippen molar-refractivity contribution in [1.29, 1.82) is 0 Å². The molecule has 0 radical (unpaired) electrons. The van der Waals surface area contributed by atoms with Crippen molar-refractivity contribution in [3.8, 4) is 28.6 Å². The number of aryl methyl sites for hydroxylation is 1. The SMILES string of the molecule is COCOc1c(-c2ccc(CCCBr)cc2)oc2c3c(ccc2c1=O)OC(c1ccccc1)(c1ccccc1)O3. The molecule has 0 bridgehead atoms. The topological polar surface area (TPSA) is 67.1 Å². The van der Waals surface area contributed by atoms with Crippen LogP contribution in [0.1, 0.15) is 23.1 Å². The van der Waals surface area contributed by atoms with Crippen molar-refractivity contribution >= 4 is 26.9 Å². The van der Waals surface area contributed by atoms with Gasteiger partial charge in [0.25, 0.3) is 0 Å². The molecule has 2 heterocycles. The minimum atomic E-state index is -1.25. The van der Waals surface area contributed by atoms with Crippen LogP contribution in [0.4, 0.5) is 0 Å². The zero-order valence-corrected chi connectivity index (χ0v) is 23.5. The van der Waals surface area contributed by atoms with Crippen LogP contribution >= 0.6 is 15.9 Å². The number of alkyl halides is 1. The molecule has 6 nitrogen and oxygen atoms in total. The second-order valence-electron chi connectivity index (χ2n) is 9.45. The van der Waals surface area contributed by atoms with Gasteiger partial charge in [0.2, 0.25) is 16.9 Å². The standard InChI is InChI=1S/C33H27BrO6/c1-36-21-37-32-28(35)26-18-19-27-31(30(26)38-29(32)23-16-14-22(15-17-23)9-8-20-34)40-33(39-27,24-10-4-2-5-11-24)25-12-6-3-7-13-25/h2-7,10-19H,8-9,20-21H2,1H3. The number of benzene rings is 4. The van der Waals surface area contributed by atoms with E-state index in [9.17, 15) is 4.79 Å². The fourth-order valence-electron chi connectivity index (χ4n) is 4.95. The second-order valence-corrected chi connectivity index (χ2v) is 10.2. The molecule has 202 valence electrons. The van der Waals surface area contributed by atoms with Gasteiger partial charge in [-0.25, -0.2) is 0 Å². The predicted octanol–water partition coefficient (Wildman–Crippen LogP) is 7.44. The summed E-state index contributed by atoms with van der Waals surface area (Å²) in [5, 5.41) is 1.26. The van der Waals surface area contributed by atoms with E-state index in [2.05, 4.69) is 15.9 Å². The smallest absolute Gasteiger partial charge is 0.305 e. The highest BCUT2D eigenvalue weighted by Crippen LogP contribution is 2.51. The summed E-state index contributed by atoms with van der Waals surface area (Å²) >= 11 is 3.48. The van der Waals surface area contributed by atoms with Gasteiger partial charge in [-0.2, -0.15) is 0 Å². The molecular weight excluding hydrogens is 572 g/mol. The van der Waals surface area contributed by atoms with Gasteiger partial charge in [-0.15, -0.1) is 0 Å². The molecule has 0 saturated heterocycles. The molecule has 4 aromatic carbocycles. The molecule has 0 N–H and O–H groups in total. The van der Waals surface area contributed by atoms with E-state index in [-0.39, 0.29) is 18.0 Å². The van der Waals surface area contributed by atoms with Crippen LogP contribution in [0, 0.1) is 0 Å². The summed E-state index contributed by atoms with van der Waals surface area (Å²) in [6.07, 6.45) is 1.97. The van der Waals surface area contributed by atoms with Crippen LogP contribution in [-0.2, 0) is 16.9 Å². The third kappa shape index (κ3) is 4.65. The first-order valence-corrected chi connectivity index (χ1v) is 14.2. The Morgan fingerprint density at radius 2 is 1.50 bits per heavy atom. The van der Waals surface area contributed by atoms with Crippen LogP contribution in [0.3, 0.4) is 0 Å². The van der Waals surface area contributed by atoms with Gasteiger partial charge in [0.05, 0.1) is 5.39 Å². The van der Waals surface area contributed by atoms with Crippen LogP contribution < -0.4 is 19.6 Å². The lowest BCUT2D eigenvalue weighted by Crippen LogP contribution is -2.36. The summed E-state index contributed by atoms with van der Waals surface area (Å²) in [5.41, 5.74) is 3.50. The van der Waals surface area contributed by atoms with E-state index in [1.54, 1.807) is 12.1 Å². The first kappa shape index (κ1) is 26.2. The fourth-order valence-corrected chi connectivity index (χ4v) is 5.23. The molecule has 0 aliphatic carbocycles. The van der Waals surface area contributed by atoms with E-state index < -0.39 is 5.79 Å². The average Bonchev–Trinajstić information content (AvgIpc) is 3.42. The number of ether oxygens (including phenoxy) is 4. The van der Waals surface area contributed by atoms with Crippen molar-refractivity contribution in [1.82, 2.24) is 0 Å². The van der Waals surface area contributed by atoms with Crippen molar-refractivity contribution in [2.75, 3.05) is 19.2 Å². The molecule has 7 heteroatoms. The Morgan fingerprint density at radius 3 is 2.12 bits per heavy atom. The monoisotopic (exact) mass is 598 g/mol. The zero-order chi connectivity index (χ0) is 27.5. The molecule has 6 rings (SSSR count). The van der Waals surface area contributed by atoms with E-state index in [0.29, 0.717) is 33.8 Å². The summed E-state index contributed by atoms with van der Waals surface area (Å²) in [6, 6.07) is 30.8. The maximum atomic E-state index is 13.8. The maximum absolute atomic E-state index is 13.8. The highest BCUT2D eigenvalue weighted by atomic mass is 79.9. The molecule has 1 aromatic heterocycles. The average molecular weight is 599 g/mol. The molecule has 1 aliphatic heterocycles. The van der Waals surface area contributed by atoms with Gasteiger partial charge in [0.15, 0.2) is 23.9 Å². The lowest BCUT2D eigenvalue weighted by atomic mass is 9.97. The number of fused-ring (bicyclic) bond motifs is 3. The summed E-state index contributed by atoms with van der Waals surface area (Å²) in [6.45, 7) is -0.0950. The Hall–Kier alpha value is -4.07. The Bertz CT molecular complexity index is 1640. The third-order valence-electron chi connectivity index (χ3n) is 6.88. The summed E-state index contributed by atoms with van der Waals surface area (Å²) < 4.78 is 30.6. The summed E-state index contributed by atoms with van der Waals surface area (Å²) in [7, 11) is 1.51. The highest BCUT2D eigenvalue weighted by Gasteiger charge is 2.47. The van der Waals surface area contributed by atoms with Gasteiger partial charge in [-0.3, -0.25) is 4.79 Å². The fraction of sp³-hybridized carbons (Fsp3) is 0.182. The van der Waals surface area contributed by atoms with Crippen LogP contribution in [0.25, 0.3) is 22.3 Å². The van der Waals surface area contributed by atoms with E-state index in [1.807, 2.05) is 84.9 Å². The zero-order valence-electron chi connectivity index (χ0n) is 21.9. The Balaban J connectivity index is 1.52. The van der Waals surface area contributed by atoms with Gasteiger partial charge < -0.3 is 23.4 Å². The quantitative estimate of drug-likeness (QED) is 0.130. The molecule has 0 spiro atoms. The lowest BCUT2D eigenvalue weighted by molar-refractivity contribution is -0.0456. The molecule has 0 saturated carbocycles. The van der Waals surface area contributed by atoms with Crippen molar-refractivity contribution in [2.45, 2.75) is 18.6 Å². The van der Waals surface area contributed by atoms with Gasteiger partial charge in [0.1, 0.15) is 0 Å². The van der Waals surface area contributed by atoms with E-state index >= 15 is 0 Å². The number of methoxy groups -OCH3 is 1. The molecule has 40 heavy (non-hydrogen) atoms. The van der Waals surface area contributed by atoms with Crippen molar-refractivity contribution < 1.29 is 23.4 Å². The van der Waals surface area contributed by atoms with Gasteiger partial charge >= 0.3 is 5.79 Å². The van der Waals surface area contributed by atoms with Gasteiger partial charge in [0, 0.05) is 29.1 Å². The third-order valence-corrected chi connectivity index (χ3v) is 7.44. The predicted molar refractivity (Wildman–Crippen MR) is 157 cm³/mol. The van der Waals surface area contributed by atoms with E-state index in [1.165, 1.54) is 12.7 Å². The second kappa shape index (κ2) is 11.2. The normalized spacial score (nSPS) is 13.4. The largest absolute Gasteiger partial charge is 0.459 e. The van der Waals surface area contributed by atoms with Crippen LogP contribution in [-0.4, -0.2) is 19.2 Å². The number of hydrogen-bond donors (Lipinski definition) is 0. The van der Waals surface area contributed by atoms with Crippen molar-refractivity contribution in [3.63, 3.8) is 0 Å². The van der Waals surface area contributed by atoms with Crippen molar-refractivity contribution in [3.05, 3.63) is 124 Å². The number of halogens is 1. The number of rotatable bonds is 9. The number of hydrogen-bond acceptors (Lipinski definition) is 6.